The Morgan fingerprint density at radius 3 is 2.76 bits per heavy atom. The molecule has 2 aliphatic rings. The summed E-state index contributed by atoms with van der Waals surface area (Å²) in [6.45, 7) is 4.12. The molecule has 0 saturated carbocycles. The van der Waals surface area contributed by atoms with E-state index in [0.717, 1.165) is 38.2 Å². The Labute approximate surface area is 172 Å². The van der Waals surface area contributed by atoms with Crippen LogP contribution >= 0.6 is 0 Å². The van der Waals surface area contributed by atoms with Gasteiger partial charge in [-0.3, -0.25) is 14.9 Å². The van der Waals surface area contributed by atoms with E-state index in [-0.39, 0.29) is 11.8 Å². The van der Waals surface area contributed by atoms with Gasteiger partial charge < -0.3 is 4.74 Å². The fourth-order valence-electron chi connectivity index (χ4n) is 4.52. The molecule has 1 fully saturated rings. The van der Waals surface area contributed by atoms with Crippen LogP contribution in [-0.2, 0) is 24.1 Å². The van der Waals surface area contributed by atoms with Gasteiger partial charge in [0.05, 0.1) is 0 Å². The van der Waals surface area contributed by atoms with E-state index >= 15 is 0 Å². The van der Waals surface area contributed by atoms with Crippen LogP contribution in [0.25, 0.3) is 0 Å². The third-order valence-corrected chi connectivity index (χ3v) is 6.16. The van der Waals surface area contributed by atoms with E-state index in [1.807, 2.05) is 6.07 Å². The van der Waals surface area contributed by atoms with Crippen LogP contribution in [0.4, 0.5) is 0 Å². The molecule has 1 amide bonds. The number of nitrogens with one attached hydrogen (secondary N) is 1. The van der Waals surface area contributed by atoms with E-state index < -0.39 is 0 Å². The fourth-order valence-corrected chi connectivity index (χ4v) is 4.52. The minimum absolute atomic E-state index is 0.143. The Kier molecular flexibility index (Phi) is 6.47. The number of hydrogen-bond acceptors (Lipinski definition) is 4. The van der Waals surface area contributed by atoms with Gasteiger partial charge in [0, 0.05) is 12.5 Å². The van der Waals surface area contributed by atoms with E-state index in [1.165, 1.54) is 48.2 Å². The van der Waals surface area contributed by atoms with Crippen LogP contribution in [0, 0.1) is 5.92 Å². The van der Waals surface area contributed by atoms with E-state index in [4.69, 9.17) is 9.94 Å². The van der Waals surface area contributed by atoms with Crippen molar-refractivity contribution >= 4 is 5.91 Å². The first-order valence-electron chi connectivity index (χ1n) is 10.7. The molecule has 1 aliphatic carbocycles. The molecule has 154 valence electrons. The average molecular weight is 395 g/mol. The zero-order chi connectivity index (χ0) is 20.1. The van der Waals surface area contributed by atoms with Gasteiger partial charge in [-0.05, 0) is 86.0 Å². The van der Waals surface area contributed by atoms with Crippen molar-refractivity contribution in [1.29, 1.82) is 0 Å². The summed E-state index contributed by atoms with van der Waals surface area (Å²) in [7, 11) is 0. The van der Waals surface area contributed by atoms with Crippen molar-refractivity contribution < 1.29 is 14.7 Å². The van der Waals surface area contributed by atoms with Crippen LogP contribution in [0.3, 0.4) is 0 Å². The molecule has 5 heteroatoms. The Morgan fingerprint density at radius 1 is 1.10 bits per heavy atom. The lowest BCUT2D eigenvalue weighted by Crippen LogP contribution is -2.31. The number of ether oxygens (including phenoxy) is 1. The van der Waals surface area contributed by atoms with Crippen LogP contribution in [0.15, 0.2) is 42.5 Å². The highest BCUT2D eigenvalue weighted by Gasteiger charge is 2.24. The van der Waals surface area contributed by atoms with Crippen LogP contribution < -0.4 is 10.2 Å². The normalized spacial score (nSPS) is 19.0. The Hall–Kier alpha value is -2.37. The molecular weight excluding hydrogens is 364 g/mol. The highest BCUT2D eigenvalue weighted by molar-refractivity contribution is 5.78. The van der Waals surface area contributed by atoms with Crippen molar-refractivity contribution in [2.24, 2.45) is 5.92 Å². The predicted molar refractivity (Wildman–Crippen MR) is 112 cm³/mol. The van der Waals surface area contributed by atoms with Crippen molar-refractivity contribution in [3.05, 3.63) is 64.7 Å². The number of rotatable bonds is 7. The highest BCUT2D eigenvalue weighted by atomic mass is 16.5. The van der Waals surface area contributed by atoms with Crippen LogP contribution in [0.2, 0.25) is 0 Å². The summed E-state index contributed by atoms with van der Waals surface area (Å²) in [6.07, 6.45) is 5.82. The Bertz CT molecular complexity index is 846. The first-order valence-corrected chi connectivity index (χ1v) is 10.7. The molecule has 1 saturated heterocycles. The Balaban J connectivity index is 1.37. The lowest BCUT2D eigenvalue weighted by atomic mass is 9.82. The van der Waals surface area contributed by atoms with Crippen molar-refractivity contribution in [2.45, 2.75) is 38.5 Å². The molecule has 2 aromatic carbocycles. The van der Waals surface area contributed by atoms with Gasteiger partial charge in [0.1, 0.15) is 12.4 Å². The number of amides is 1. The van der Waals surface area contributed by atoms with Gasteiger partial charge >= 0.3 is 0 Å². The lowest BCUT2D eigenvalue weighted by molar-refractivity contribution is -0.133. The number of fused-ring (bicyclic) bond motifs is 1. The molecule has 4 rings (SSSR count). The summed E-state index contributed by atoms with van der Waals surface area (Å²) in [6, 6.07) is 14.9. The fraction of sp³-hybridized carbons (Fsp3) is 0.458. The minimum Gasteiger partial charge on any atom is -0.492 e. The first-order chi connectivity index (χ1) is 14.2. The predicted octanol–water partition coefficient (Wildman–Crippen LogP) is 3.36. The lowest BCUT2D eigenvalue weighted by Gasteiger charge is -2.23. The Morgan fingerprint density at radius 2 is 1.93 bits per heavy atom. The number of carbonyl (C=O) groups excluding carboxylic acids is 1. The average Bonchev–Trinajstić information content (AvgIpc) is 3.26. The zero-order valence-electron chi connectivity index (χ0n) is 16.9. The number of nitrogens with zero attached hydrogens (tertiary/aromatic N) is 1. The molecule has 1 aliphatic heterocycles. The monoisotopic (exact) mass is 394 g/mol. The van der Waals surface area contributed by atoms with Gasteiger partial charge in [-0.1, -0.05) is 30.3 Å². The maximum Gasteiger partial charge on any atom is 0.246 e. The third kappa shape index (κ3) is 5.17. The van der Waals surface area contributed by atoms with Gasteiger partial charge in [-0.2, -0.15) is 0 Å². The molecule has 2 aromatic rings. The maximum atomic E-state index is 11.8. The second kappa shape index (κ2) is 9.42. The number of aryl methyl sites for hydroxylation is 1. The maximum absolute atomic E-state index is 11.8. The van der Waals surface area contributed by atoms with E-state index in [9.17, 15) is 4.79 Å². The van der Waals surface area contributed by atoms with Gasteiger partial charge in [0.15, 0.2) is 0 Å². The number of hydrogen-bond donors (Lipinski definition) is 2. The molecular formula is C24H30N2O3. The zero-order valence-corrected chi connectivity index (χ0v) is 16.9. The first kappa shape index (κ1) is 19.9. The van der Waals surface area contributed by atoms with Crippen molar-refractivity contribution in [3.8, 4) is 5.75 Å². The summed E-state index contributed by atoms with van der Waals surface area (Å²) < 4.78 is 5.98. The van der Waals surface area contributed by atoms with Gasteiger partial charge in [-0.15, -0.1) is 0 Å². The molecule has 1 heterocycles. The van der Waals surface area contributed by atoms with E-state index in [1.54, 1.807) is 5.48 Å². The summed E-state index contributed by atoms with van der Waals surface area (Å²) in [5, 5.41) is 8.92. The van der Waals surface area contributed by atoms with Gasteiger partial charge in [0.25, 0.3) is 0 Å². The summed E-state index contributed by atoms with van der Waals surface area (Å²) in [4.78, 5) is 14.2. The number of benzene rings is 2. The topological polar surface area (TPSA) is 61.8 Å². The summed E-state index contributed by atoms with van der Waals surface area (Å²) in [5.74, 6) is 0.509. The second-order valence-electron chi connectivity index (χ2n) is 8.24. The molecule has 1 unspecified atom stereocenters. The third-order valence-electron chi connectivity index (χ3n) is 6.16. The molecule has 0 radical (unpaired) electrons. The molecule has 0 aromatic heterocycles. The van der Waals surface area contributed by atoms with Crippen LogP contribution in [0.1, 0.15) is 41.5 Å². The molecule has 2 N–H and O–H groups in total. The number of likely N-dealkylation sites (tertiary alicyclic amines) is 1. The largest absolute Gasteiger partial charge is 0.492 e. The van der Waals surface area contributed by atoms with Crippen LogP contribution in [-0.4, -0.2) is 42.3 Å². The molecule has 1 atom stereocenters. The SMILES string of the molecule is O=C(NO)C1CCc2ccc(Cc3cccc(OCCN4CCCC4)c3)cc2C1. The van der Waals surface area contributed by atoms with Gasteiger partial charge in [0.2, 0.25) is 5.91 Å². The number of hydroxylamine groups is 1. The van der Waals surface area contributed by atoms with E-state index in [2.05, 4.69) is 41.3 Å². The van der Waals surface area contributed by atoms with Crippen molar-refractivity contribution in [3.63, 3.8) is 0 Å². The molecule has 29 heavy (non-hydrogen) atoms. The highest BCUT2D eigenvalue weighted by Crippen LogP contribution is 2.27. The second-order valence-corrected chi connectivity index (χ2v) is 8.24. The number of carbonyl (C=O) groups is 1. The van der Waals surface area contributed by atoms with Crippen LogP contribution in [0.5, 0.6) is 5.75 Å². The smallest absolute Gasteiger partial charge is 0.246 e. The molecule has 5 nitrogen and oxygen atoms in total. The van der Waals surface area contributed by atoms with Crippen molar-refractivity contribution in [1.82, 2.24) is 10.4 Å². The minimum atomic E-state index is -0.278. The molecule has 0 spiro atoms. The standard InChI is InChI=1S/C24H30N2O3/c27-24(25-28)21-9-8-20-7-6-19(15-22(20)17-21)14-18-4-3-5-23(16-18)29-13-12-26-10-1-2-11-26/h3-7,15-16,21,28H,1-2,8-14,17H2,(H,25,27). The molecule has 0 bridgehead atoms. The summed E-state index contributed by atoms with van der Waals surface area (Å²) >= 11 is 0. The quantitative estimate of drug-likeness (QED) is 0.558. The van der Waals surface area contributed by atoms with Crippen molar-refractivity contribution in [2.75, 3.05) is 26.2 Å². The van der Waals surface area contributed by atoms with E-state index in [0.29, 0.717) is 6.42 Å². The summed E-state index contributed by atoms with van der Waals surface area (Å²) in [5.41, 5.74) is 6.81. The van der Waals surface area contributed by atoms with Gasteiger partial charge in [-0.25, -0.2) is 5.48 Å².